The van der Waals surface area contributed by atoms with E-state index in [1.165, 1.54) is 25.7 Å². The quantitative estimate of drug-likeness (QED) is 0.832. The highest BCUT2D eigenvalue weighted by molar-refractivity contribution is 5.76. The van der Waals surface area contributed by atoms with Gasteiger partial charge in [0.2, 0.25) is 5.91 Å². The van der Waals surface area contributed by atoms with E-state index in [1.54, 1.807) is 6.20 Å². The second-order valence-corrected chi connectivity index (χ2v) is 5.59. The van der Waals surface area contributed by atoms with Gasteiger partial charge in [0.05, 0.1) is 0 Å². The molecule has 1 unspecified atom stereocenters. The van der Waals surface area contributed by atoms with Crippen molar-refractivity contribution in [2.75, 3.05) is 13.1 Å². The van der Waals surface area contributed by atoms with Crippen LogP contribution in [0.15, 0.2) is 18.5 Å². The van der Waals surface area contributed by atoms with Crippen LogP contribution in [-0.2, 0) is 11.3 Å². The van der Waals surface area contributed by atoms with Gasteiger partial charge in [0.25, 0.3) is 0 Å². The Hall–Kier alpha value is -1.36. The molecule has 2 aliphatic rings. The van der Waals surface area contributed by atoms with Crippen LogP contribution in [0.3, 0.4) is 0 Å². The Balaban J connectivity index is 1.52. The van der Waals surface area contributed by atoms with Crippen molar-refractivity contribution in [2.24, 2.45) is 0 Å². The fourth-order valence-corrected chi connectivity index (χ4v) is 2.78. The molecule has 1 saturated carbocycles. The summed E-state index contributed by atoms with van der Waals surface area (Å²) in [6.07, 6.45) is 9.03. The molecule has 19 heavy (non-hydrogen) atoms. The molecule has 5 nitrogen and oxygen atoms in total. The Morgan fingerprint density at radius 2 is 2.32 bits per heavy atom. The molecule has 104 valence electrons. The largest absolute Gasteiger partial charge is 0.338 e. The van der Waals surface area contributed by atoms with Gasteiger partial charge >= 0.3 is 0 Å². The van der Waals surface area contributed by atoms with Crippen molar-refractivity contribution in [2.45, 2.75) is 50.7 Å². The van der Waals surface area contributed by atoms with Crippen LogP contribution in [0.2, 0.25) is 0 Å². The lowest BCUT2D eigenvalue weighted by atomic mass is 10.2. The number of hydrogen-bond donors (Lipinski definition) is 1. The summed E-state index contributed by atoms with van der Waals surface area (Å²) in [5.74, 6) is 0.284. The third kappa shape index (κ3) is 3.35. The minimum Gasteiger partial charge on any atom is -0.338 e. The molecule has 3 rings (SSSR count). The zero-order valence-electron chi connectivity index (χ0n) is 11.3. The molecule has 0 spiro atoms. The lowest BCUT2D eigenvalue weighted by Crippen LogP contribution is -2.42. The normalized spacial score (nSPS) is 22.6. The molecule has 1 aliphatic carbocycles. The van der Waals surface area contributed by atoms with Crippen molar-refractivity contribution in [1.82, 2.24) is 20.0 Å². The van der Waals surface area contributed by atoms with Gasteiger partial charge in [-0.05, 0) is 38.3 Å². The van der Waals surface area contributed by atoms with Gasteiger partial charge in [-0.3, -0.25) is 9.48 Å². The molecule has 1 atom stereocenters. The maximum absolute atomic E-state index is 12.4. The number of carbonyl (C=O) groups excluding carboxylic acids is 1. The Morgan fingerprint density at radius 1 is 1.42 bits per heavy atom. The highest BCUT2D eigenvalue weighted by atomic mass is 16.2. The summed E-state index contributed by atoms with van der Waals surface area (Å²) in [4.78, 5) is 14.5. The van der Waals surface area contributed by atoms with Crippen LogP contribution in [0, 0.1) is 0 Å². The molecule has 2 heterocycles. The number of nitrogens with one attached hydrogen (secondary N) is 1. The molecule has 1 amide bonds. The molecule has 1 aromatic rings. The molecule has 1 N–H and O–H groups in total. The Morgan fingerprint density at radius 3 is 2.95 bits per heavy atom. The fraction of sp³-hybridized carbons (Fsp3) is 0.714. The summed E-state index contributed by atoms with van der Waals surface area (Å²) in [5, 5.41) is 7.63. The average Bonchev–Trinajstić information content (AvgIpc) is 2.94. The third-order valence-electron chi connectivity index (χ3n) is 4.00. The van der Waals surface area contributed by atoms with E-state index in [2.05, 4.69) is 15.3 Å². The lowest BCUT2D eigenvalue weighted by molar-refractivity contribution is -0.132. The molecule has 0 aromatic carbocycles. The molecular formula is C14H22N4O. The Kier molecular flexibility index (Phi) is 3.82. The maximum Gasteiger partial charge on any atom is 0.224 e. The lowest BCUT2D eigenvalue weighted by Gasteiger charge is -2.26. The van der Waals surface area contributed by atoms with Gasteiger partial charge in [-0.25, -0.2) is 0 Å². The van der Waals surface area contributed by atoms with Gasteiger partial charge in [0.15, 0.2) is 0 Å². The highest BCUT2D eigenvalue weighted by Gasteiger charge is 2.34. The van der Waals surface area contributed by atoms with Crippen LogP contribution in [0.4, 0.5) is 0 Å². The molecule has 1 aromatic heterocycles. The van der Waals surface area contributed by atoms with Gasteiger partial charge < -0.3 is 10.2 Å². The van der Waals surface area contributed by atoms with Crippen LogP contribution in [-0.4, -0.2) is 45.8 Å². The molecule has 1 aliphatic heterocycles. The van der Waals surface area contributed by atoms with Crippen LogP contribution < -0.4 is 5.32 Å². The summed E-state index contributed by atoms with van der Waals surface area (Å²) in [7, 11) is 0. The Labute approximate surface area is 114 Å². The number of nitrogens with zero attached hydrogens (tertiary/aromatic N) is 3. The third-order valence-corrected chi connectivity index (χ3v) is 4.00. The second-order valence-electron chi connectivity index (χ2n) is 5.59. The summed E-state index contributed by atoms with van der Waals surface area (Å²) >= 11 is 0. The summed E-state index contributed by atoms with van der Waals surface area (Å²) in [6, 6.07) is 2.91. The smallest absolute Gasteiger partial charge is 0.224 e. The molecule has 0 radical (unpaired) electrons. The summed E-state index contributed by atoms with van der Waals surface area (Å²) in [6.45, 7) is 2.68. The molecule has 1 saturated heterocycles. The van der Waals surface area contributed by atoms with E-state index in [4.69, 9.17) is 0 Å². The van der Waals surface area contributed by atoms with Gasteiger partial charge in [0, 0.05) is 44.0 Å². The van der Waals surface area contributed by atoms with Crippen molar-refractivity contribution < 1.29 is 4.79 Å². The van der Waals surface area contributed by atoms with Crippen molar-refractivity contribution >= 4 is 5.91 Å². The molecule has 2 fully saturated rings. The van der Waals surface area contributed by atoms with E-state index in [9.17, 15) is 4.79 Å². The number of amides is 1. The molecular weight excluding hydrogens is 240 g/mol. The molecule has 0 bridgehead atoms. The summed E-state index contributed by atoms with van der Waals surface area (Å²) < 4.78 is 1.83. The first-order chi connectivity index (χ1) is 9.33. The topological polar surface area (TPSA) is 50.2 Å². The number of rotatable bonds is 6. The predicted octanol–water partition coefficient (Wildman–Crippen LogP) is 1.02. The van der Waals surface area contributed by atoms with Crippen LogP contribution >= 0.6 is 0 Å². The number of aromatic nitrogens is 2. The van der Waals surface area contributed by atoms with Crippen molar-refractivity contribution in [3.63, 3.8) is 0 Å². The van der Waals surface area contributed by atoms with E-state index in [0.717, 1.165) is 13.1 Å². The summed E-state index contributed by atoms with van der Waals surface area (Å²) in [5.41, 5.74) is 0. The number of hydrogen-bond acceptors (Lipinski definition) is 3. The van der Waals surface area contributed by atoms with E-state index in [-0.39, 0.29) is 5.91 Å². The zero-order valence-corrected chi connectivity index (χ0v) is 11.3. The SMILES string of the molecule is O=C(CCn1cccn1)N(CC1CCCN1)C1CC1. The highest BCUT2D eigenvalue weighted by Crippen LogP contribution is 2.28. The first-order valence-electron chi connectivity index (χ1n) is 7.33. The first kappa shape index (κ1) is 12.7. The van der Waals surface area contributed by atoms with E-state index in [1.807, 2.05) is 16.9 Å². The zero-order chi connectivity index (χ0) is 13.1. The minimum absolute atomic E-state index is 0.284. The van der Waals surface area contributed by atoms with Crippen molar-refractivity contribution in [3.05, 3.63) is 18.5 Å². The number of aryl methyl sites for hydroxylation is 1. The van der Waals surface area contributed by atoms with Gasteiger partial charge in [-0.2, -0.15) is 5.10 Å². The van der Waals surface area contributed by atoms with Crippen LogP contribution in [0.1, 0.15) is 32.1 Å². The fourth-order valence-electron chi connectivity index (χ4n) is 2.78. The minimum atomic E-state index is 0.284. The Bertz CT molecular complexity index is 407. The van der Waals surface area contributed by atoms with Crippen molar-refractivity contribution in [1.29, 1.82) is 0 Å². The van der Waals surface area contributed by atoms with E-state index < -0.39 is 0 Å². The van der Waals surface area contributed by atoms with Crippen LogP contribution in [0.25, 0.3) is 0 Å². The second kappa shape index (κ2) is 5.74. The maximum atomic E-state index is 12.4. The van der Waals surface area contributed by atoms with Crippen LogP contribution in [0.5, 0.6) is 0 Å². The standard InChI is InChI=1S/C14H22N4O/c19-14(6-10-17-9-2-8-16-17)18(13-4-5-13)11-12-3-1-7-15-12/h2,8-9,12-13,15H,1,3-7,10-11H2. The van der Waals surface area contributed by atoms with E-state index in [0.29, 0.717) is 25.0 Å². The monoisotopic (exact) mass is 262 g/mol. The predicted molar refractivity (Wildman–Crippen MR) is 72.6 cm³/mol. The number of carbonyl (C=O) groups is 1. The van der Waals surface area contributed by atoms with Gasteiger partial charge in [-0.15, -0.1) is 0 Å². The molecule has 5 heteroatoms. The van der Waals surface area contributed by atoms with Crippen molar-refractivity contribution in [3.8, 4) is 0 Å². The van der Waals surface area contributed by atoms with E-state index >= 15 is 0 Å². The van der Waals surface area contributed by atoms with Gasteiger partial charge in [-0.1, -0.05) is 0 Å². The average molecular weight is 262 g/mol. The van der Waals surface area contributed by atoms with Gasteiger partial charge in [0.1, 0.15) is 0 Å². The first-order valence-corrected chi connectivity index (χ1v) is 7.33.